The highest BCUT2D eigenvalue weighted by Gasteiger charge is 2.13. The van der Waals surface area contributed by atoms with Crippen molar-refractivity contribution in [1.82, 2.24) is 0 Å². The predicted molar refractivity (Wildman–Crippen MR) is 83.1 cm³/mol. The predicted octanol–water partition coefficient (Wildman–Crippen LogP) is 5.85. The van der Waals surface area contributed by atoms with Crippen LogP contribution in [-0.4, -0.2) is 5.33 Å². The van der Waals surface area contributed by atoms with Crippen molar-refractivity contribution in [3.63, 3.8) is 0 Å². The van der Waals surface area contributed by atoms with Crippen molar-refractivity contribution in [2.45, 2.75) is 12.3 Å². The van der Waals surface area contributed by atoms with Crippen LogP contribution in [0.3, 0.4) is 0 Å². The topological polar surface area (TPSA) is 0 Å². The minimum absolute atomic E-state index is 0.221. The van der Waals surface area contributed by atoms with Gasteiger partial charge in [-0.1, -0.05) is 57.3 Å². The van der Waals surface area contributed by atoms with E-state index in [1.807, 2.05) is 24.3 Å². The maximum atomic E-state index is 12.9. The molecule has 0 amide bonds. The molecule has 0 aliphatic rings. The van der Waals surface area contributed by atoms with Gasteiger partial charge in [-0.3, -0.25) is 0 Å². The number of halogens is 4. The van der Waals surface area contributed by atoms with E-state index in [9.17, 15) is 4.39 Å². The SMILES string of the molecule is Fc1ccc(C(CBr)Cc2ccc(Cl)cc2Cl)cc1. The summed E-state index contributed by atoms with van der Waals surface area (Å²) in [7, 11) is 0. The molecule has 0 radical (unpaired) electrons. The van der Waals surface area contributed by atoms with Crippen molar-refractivity contribution >= 4 is 39.1 Å². The first-order chi connectivity index (χ1) is 9.10. The van der Waals surface area contributed by atoms with Gasteiger partial charge in [-0.05, 0) is 47.7 Å². The molecule has 19 heavy (non-hydrogen) atoms. The van der Waals surface area contributed by atoms with Gasteiger partial charge in [0.15, 0.2) is 0 Å². The maximum Gasteiger partial charge on any atom is 0.123 e. The monoisotopic (exact) mass is 360 g/mol. The van der Waals surface area contributed by atoms with E-state index in [1.165, 1.54) is 12.1 Å². The van der Waals surface area contributed by atoms with Gasteiger partial charge in [0.1, 0.15) is 5.82 Å². The fraction of sp³-hybridized carbons (Fsp3) is 0.200. The molecule has 0 bridgehead atoms. The van der Waals surface area contributed by atoms with E-state index in [-0.39, 0.29) is 11.7 Å². The molecule has 0 heterocycles. The minimum Gasteiger partial charge on any atom is -0.207 e. The quantitative estimate of drug-likeness (QED) is 0.599. The molecule has 0 aliphatic heterocycles. The second-order valence-corrected chi connectivity index (χ2v) is 5.83. The zero-order valence-corrected chi connectivity index (χ0v) is 13.1. The largest absolute Gasteiger partial charge is 0.207 e. The van der Waals surface area contributed by atoms with Crippen molar-refractivity contribution in [1.29, 1.82) is 0 Å². The van der Waals surface area contributed by atoms with E-state index in [4.69, 9.17) is 23.2 Å². The lowest BCUT2D eigenvalue weighted by Gasteiger charge is -2.15. The fourth-order valence-corrected chi connectivity index (χ4v) is 3.04. The van der Waals surface area contributed by atoms with Crippen LogP contribution in [0.1, 0.15) is 17.0 Å². The van der Waals surface area contributed by atoms with Crippen molar-refractivity contribution in [2.75, 3.05) is 5.33 Å². The molecule has 0 saturated heterocycles. The van der Waals surface area contributed by atoms with Crippen molar-refractivity contribution in [2.24, 2.45) is 0 Å². The summed E-state index contributed by atoms with van der Waals surface area (Å²) in [6, 6.07) is 12.1. The lowest BCUT2D eigenvalue weighted by Crippen LogP contribution is -2.05. The number of hydrogen-bond donors (Lipinski definition) is 0. The maximum absolute atomic E-state index is 12.9. The van der Waals surface area contributed by atoms with Gasteiger partial charge < -0.3 is 0 Å². The van der Waals surface area contributed by atoms with Gasteiger partial charge in [0.25, 0.3) is 0 Å². The Hall–Kier alpha value is -0.570. The van der Waals surface area contributed by atoms with Crippen LogP contribution in [0.25, 0.3) is 0 Å². The standard InChI is InChI=1S/C15H12BrCl2F/c16-9-12(10-2-5-14(19)6-3-10)7-11-1-4-13(17)8-15(11)18/h1-6,8,12H,7,9H2. The zero-order valence-electron chi connectivity index (χ0n) is 10.0. The van der Waals surface area contributed by atoms with E-state index in [2.05, 4.69) is 15.9 Å². The number of rotatable bonds is 4. The van der Waals surface area contributed by atoms with Gasteiger partial charge in [0.2, 0.25) is 0 Å². The highest BCUT2D eigenvalue weighted by Crippen LogP contribution is 2.28. The Morgan fingerprint density at radius 3 is 2.32 bits per heavy atom. The second kappa shape index (κ2) is 6.74. The van der Waals surface area contributed by atoms with E-state index < -0.39 is 0 Å². The molecule has 0 nitrogen and oxygen atoms in total. The molecule has 2 aromatic rings. The van der Waals surface area contributed by atoms with Crippen LogP contribution in [0, 0.1) is 5.82 Å². The molecular weight excluding hydrogens is 350 g/mol. The molecule has 2 rings (SSSR count). The summed E-state index contributed by atoms with van der Waals surface area (Å²) >= 11 is 15.6. The van der Waals surface area contributed by atoms with Crippen molar-refractivity contribution in [3.05, 3.63) is 69.5 Å². The number of alkyl halides is 1. The van der Waals surface area contributed by atoms with Crippen LogP contribution >= 0.6 is 39.1 Å². The molecule has 0 saturated carbocycles. The molecular formula is C15H12BrCl2F. The highest BCUT2D eigenvalue weighted by atomic mass is 79.9. The molecule has 0 fully saturated rings. The second-order valence-electron chi connectivity index (χ2n) is 4.34. The molecule has 1 unspecified atom stereocenters. The van der Waals surface area contributed by atoms with Crippen LogP contribution < -0.4 is 0 Å². The van der Waals surface area contributed by atoms with Gasteiger partial charge in [-0.15, -0.1) is 0 Å². The smallest absolute Gasteiger partial charge is 0.123 e. The molecule has 2 aromatic carbocycles. The molecule has 100 valence electrons. The van der Waals surface area contributed by atoms with E-state index >= 15 is 0 Å². The van der Waals surface area contributed by atoms with Crippen molar-refractivity contribution < 1.29 is 4.39 Å². The first-order valence-corrected chi connectivity index (χ1v) is 7.73. The van der Waals surface area contributed by atoms with Gasteiger partial charge in [0.05, 0.1) is 0 Å². The van der Waals surface area contributed by atoms with Crippen LogP contribution in [0.5, 0.6) is 0 Å². The molecule has 0 aliphatic carbocycles. The Bertz CT molecular complexity index is 555. The van der Waals surface area contributed by atoms with Gasteiger partial charge in [-0.2, -0.15) is 0 Å². The molecule has 0 N–H and O–H groups in total. The molecule has 0 spiro atoms. The Labute approximate surface area is 130 Å². The Balaban J connectivity index is 2.21. The Morgan fingerprint density at radius 1 is 1.05 bits per heavy atom. The van der Waals surface area contributed by atoms with Gasteiger partial charge >= 0.3 is 0 Å². The summed E-state index contributed by atoms with van der Waals surface area (Å²) in [4.78, 5) is 0. The number of benzene rings is 2. The average Bonchev–Trinajstić information content (AvgIpc) is 2.39. The summed E-state index contributed by atoms with van der Waals surface area (Å²) in [5.41, 5.74) is 2.13. The average molecular weight is 362 g/mol. The first-order valence-electron chi connectivity index (χ1n) is 5.85. The fourth-order valence-electron chi connectivity index (χ4n) is 1.95. The minimum atomic E-state index is -0.221. The van der Waals surface area contributed by atoms with Crippen molar-refractivity contribution in [3.8, 4) is 0 Å². The van der Waals surface area contributed by atoms with Crippen LogP contribution in [0.2, 0.25) is 10.0 Å². The molecule has 4 heteroatoms. The highest BCUT2D eigenvalue weighted by molar-refractivity contribution is 9.09. The summed E-state index contributed by atoms with van der Waals surface area (Å²) < 4.78 is 12.9. The molecule has 0 aromatic heterocycles. The Kier molecular flexibility index (Phi) is 5.26. The van der Waals surface area contributed by atoms with E-state index in [1.54, 1.807) is 6.07 Å². The summed E-state index contributed by atoms with van der Waals surface area (Å²) in [6.07, 6.45) is 0.785. The zero-order chi connectivity index (χ0) is 13.8. The summed E-state index contributed by atoms with van der Waals surface area (Å²) in [5.74, 6) is 0.0286. The Morgan fingerprint density at radius 2 is 1.74 bits per heavy atom. The third-order valence-corrected chi connectivity index (χ3v) is 4.38. The van der Waals surface area contributed by atoms with E-state index in [0.717, 1.165) is 22.9 Å². The van der Waals surface area contributed by atoms with Crippen LogP contribution in [0.15, 0.2) is 42.5 Å². The summed E-state index contributed by atoms with van der Waals surface area (Å²) in [6.45, 7) is 0. The normalized spacial score (nSPS) is 12.4. The van der Waals surface area contributed by atoms with Gasteiger partial charge in [0, 0.05) is 15.4 Å². The molecule has 1 atom stereocenters. The summed E-state index contributed by atoms with van der Waals surface area (Å²) in [5, 5.41) is 2.09. The van der Waals surface area contributed by atoms with Crippen LogP contribution in [-0.2, 0) is 6.42 Å². The lowest BCUT2D eigenvalue weighted by atomic mass is 9.94. The first kappa shape index (κ1) is 14.8. The lowest BCUT2D eigenvalue weighted by molar-refractivity contribution is 0.625. The van der Waals surface area contributed by atoms with Gasteiger partial charge in [-0.25, -0.2) is 4.39 Å². The van der Waals surface area contributed by atoms with E-state index in [0.29, 0.717) is 10.0 Å². The third-order valence-electron chi connectivity index (χ3n) is 3.01. The van der Waals surface area contributed by atoms with Crippen LogP contribution in [0.4, 0.5) is 4.39 Å². The third kappa shape index (κ3) is 3.95. The number of hydrogen-bond acceptors (Lipinski definition) is 0.